The summed E-state index contributed by atoms with van der Waals surface area (Å²) in [6.07, 6.45) is 0. The van der Waals surface area contributed by atoms with Crippen LogP contribution in [0.3, 0.4) is 0 Å². The Labute approximate surface area is 131 Å². The first-order valence-corrected chi connectivity index (χ1v) is 7.65. The minimum absolute atomic E-state index is 0.110. The molecular weight excluding hydrogens is 312 g/mol. The zero-order valence-electron chi connectivity index (χ0n) is 11.6. The molecule has 0 aliphatic carbocycles. The van der Waals surface area contributed by atoms with Crippen LogP contribution in [0.4, 0.5) is 5.69 Å². The van der Waals surface area contributed by atoms with E-state index in [1.165, 1.54) is 16.2 Å². The molecule has 1 heterocycles. The van der Waals surface area contributed by atoms with Gasteiger partial charge in [0.1, 0.15) is 4.88 Å². The highest BCUT2D eigenvalue weighted by molar-refractivity contribution is 7.21. The topological polar surface area (TPSA) is 75.8 Å². The predicted octanol–water partition coefficient (Wildman–Crippen LogP) is 2.22. The van der Waals surface area contributed by atoms with Crippen LogP contribution in [0.5, 0.6) is 0 Å². The Balaban J connectivity index is 2.37. The number of aliphatic hydroxyl groups is 1. The van der Waals surface area contributed by atoms with E-state index in [-0.39, 0.29) is 19.1 Å². The van der Waals surface area contributed by atoms with Crippen LogP contribution in [0, 0.1) is 0 Å². The molecule has 2 rings (SSSR count). The van der Waals surface area contributed by atoms with Crippen molar-refractivity contribution in [2.45, 2.75) is 0 Å². The largest absolute Gasteiger partial charge is 0.397 e. The van der Waals surface area contributed by atoms with Gasteiger partial charge in [0, 0.05) is 30.3 Å². The molecule has 5 nitrogen and oxygen atoms in total. The second-order valence-corrected chi connectivity index (χ2v) is 5.93. The lowest BCUT2D eigenvalue weighted by Gasteiger charge is -2.20. The monoisotopic (exact) mass is 328 g/mol. The van der Waals surface area contributed by atoms with E-state index < -0.39 is 0 Å². The van der Waals surface area contributed by atoms with E-state index in [2.05, 4.69) is 0 Å². The molecule has 2 aromatic rings. The number of halogens is 1. The van der Waals surface area contributed by atoms with Crippen LogP contribution in [0.25, 0.3) is 10.1 Å². The van der Waals surface area contributed by atoms with E-state index in [0.717, 1.165) is 4.70 Å². The number of nitrogens with zero attached hydrogens (tertiary/aromatic N) is 1. The SMILES string of the molecule is COCCN(CCO)C(=O)c1sc2cccc(Cl)c2c1N. The third-order valence-electron chi connectivity index (χ3n) is 3.12. The van der Waals surface area contributed by atoms with E-state index in [0.29, 0.717) is 34.1 Å². The Bertz CT molecular complexity index is 644. The summed E-state index contributed by atoms with van der Waals surface area (Å²) in [4.78, 5) is 14.6. The maximum absolute atomic E-state index is 12.6. The minimum Gasteiger partial charge on any atom is -0.397 e. The molecule has 0 aliphatic rings. The number of hydrogen-bond acceptors (Lipinski definition) is 5. The van der Waals surface area contributed by atoms with Gasteiger partial charge in [-0.1, -0.05) is 17.7 Å². The van der Waals surface area contributed by atoms with Crippen LogP contribution in [-0.2, 0) is 4.74 Å². The van der Waals surface area contributed by atoms with Crippen LogP contribution in [0.2, 0.25) is 5.02 Å². The fourth-order valence-corrected chi connectivity index (χ4v) is 3.52. The number of methoxy groups -OCH3 is 1. The molecule has 0 atom stereocenters. The summed E-state index contributed by atoms with van der Waals surface area (Å²) < 4.78 is 5.86. The van der Waals surface area contributed by atoms with Crippen molar-refractivity contribution in [2.24, 2.45) is 0 Å². The van der Waals surface area contributed by atoms with Crippen molar-refractivity contribution in [1.29, 1.82) is 0 Å². The Kier molecular flexibility index (Phi) is 5.41. The van der Waals surface area contributed by atoms with E-state index in [9.17, 15) is 4.79 Å². The average Bonchev–Trinajstić information content (AvgIpc) is 2.81. The molecule has 1 aromatic heterocycles. The fourth-order valence-electron chi connectivity index (χ4n) is 2.07. The van der Waals surface area contributed by atoms with Crippen molar-refractivity contribution in [3.05, 3.63) is 28.1 Å². The van der Waals surface area contributed by atoms with Gasteiger partial charge in [0.05, 0.1) is 23.9 Å². The Morgan fingerprint density at radius 3 is 2.86 bits per heavy atom. The van der Waals surface area contributed by atoms with Crippen molar-refractivity contribution >= 4 is 44.6 Å². The first kappa shape index (κ1) is 16.0. The summed E-state index contributed by atoms with van der Waals surface area (Å²) in [5, 5.41) is 10.3. The number of amides is 1. The summed E-state index contributed by atoms with van der Waals surface area (Å²) >= 11 is 7.46. The highest BCUT2D eigenvalue weighted by Gasteiger charge is 2.22. The first-order valence-electron chi connectivity index (χ1n) is 6.45. The maximum atomic E-state index is 12.6. The molecule has 114 valence electrons. The van der Waals surface area contributed by atoms with Crippen LogP contribution >= 0.6 is 22.9 Å². The molecule has 0 spiro atoms. The molecule has 0 fully saturated rings. The number of ether oxygens (including phenoxy) is 1. The molecule has 0 radical (unpaired) electrons. The van der Waals surface area contributed by atoms with Gasteiger partial charge >= 0.3 is 0 Å². The molecule has 1 aromatic carbocycles. The fraction of sp³-hybridized carbons (Fsp3) is 0.357. The molecule has 1 amide bonds. The Morgan fingerprint density at radius 1 is 1.48 bits per heavy atom. The molecule has 21 heavy (non-hydrogen) atoms. The molecular formula is C14H17ClN2O3S. The maximum Gasteiger partial charge on any atom is 0.266 e. The molecule has 0 saturated heterocycles. The summed E-state index contributed by atoms with van der Waals surface area (Å²) in [6.45, 7) is 0.930. The average molecular weight is 329 g/mol. The first-order chi connectivity index (χ1) is 10.1. The lowest BCUT2D eigenvalue weighted by atomic mass is 10.2. The third-order valence-corrected chi connectivity index (χ3v) is 4.59. The molecule has 7 heteroatoms. The number of nitrogen functional groups attached to an aromatic ring is 1. The standard InChI is InChI=1S/C14H17ClN2O3S/c1-20-8-6-17(5-7-18)14(19)13-12(16)11-9(15)3-2-4-10(11)21-13/h2-4,18H,5-8,16H2,1H3. The molecule has 0 unspecified atom stereocenters. The normalized spacial score (nSPS) is 11.0. The number of fused-ring (bicyclic) bond motifs is 1. The van der Waals surface area contributed by atoms with Gasteiger partial charge in [0.2, 0.25) is 0 Å². The van der Waals surface area contributed by atoms with Crippen LogP contribution < -0.4 is 5.73 Å². The number of rotatable bonds is 6. The van der Waals surface area contributed by atoms with Crippen molar-refractivity contribution in [2.75, 3.05) is 39.1 Å². The van der Waals surface area contributed by atoms with Gasteiger partial charge in [-0.25, -0.2) is 0 Å². The molecule has 0 saturated carbocycles. The Morgan fingerprint density at radius 2 is 2.24 bits per heavy atom. The predicted molar refractivity (Wildman–Crippen MR) is 86.1 cm³/mol. The number of carbonyl (C=O) groups excluding carboxylic acids is 1. The van der Waals surface area contributed by atoms with Gasteiger partial charge < -0.3 is 20.5 Å². The zero-order chi connectivity index (χ0) is 15.4. The third kappa shape index (κ3) is 3.29. The molecule has 0 aliphatic heterocycles. The van der Waals surface area contributed by atoms with Crippen molar-refractivity contribution in [3.63, 3.8) is 0 Å². The van der Waals surface area contributed by atoms with Crippen LogP contribution in [0.15, 0.2) is 18.2 Å². The zero-order valence-corrected chi connectivity index (χ0v) is 13.2. The molecule has 0 bridgehead atoms. The Hall–Kier alpha value is -1.34. The van der Waals surface area contributed by atoms with Crippen molar-refractivity contribution < 1.29 is 14.6 Å². The van der Waals surface area contributed by atoms with Crippen LogP contribution in [0.1, 0.15) is 9.67 Å². The second kappa shape index (κ2) is 7.09. The van der Waals surface area contributed by atoms with Gasteiger partial charge in [-0.05, 0) is 12.1 Å². The number of hydrogen-bond donors (Lipinski definition) is 2. The van der Waals surface area contributed by atoms with E-state index in [1.54, 1.807) is 13.2 Å². The van der Waals surface area contributed by atoms with Gasteiger partial charge in [-0.2, -0.15) is 0 Å². The number of aliphatic hydroxyl groups excluding tert-OH is 1. The van der Waals surface area contributed by atoms with Gasteiger partial charge in [-0.15, -0.1) is 11.3 Å². The lowest BCUT2D eigenvalue weighted by Crippen LogP contribution is -2.36. The highest BCUT2D eigenvalue weighted by atomic mass is 35.5. The van der Waals surface area contributed by atoms with E-state index in [1.807, 2.05) is 12.1 Å². The summed E-state index contributed by atoms with van der Waals surface area (Å²) in [7, 11) is 1.56. The van der Waals surface area contributed by atoms with Gasteiger partial charge in [0.25, 0.3) is 5.91 Å². The molecule has 3 N–H and O–H groups in total. The summed E-state index contributed by atoms with van der Waals surface area (Å²) in [5.41, 5.74) is 6.48. The van der Waals surface area contributed by atoms with E-state index >= 15 is 0 Å². The second-order valence-electron chi connectivity index (χ2n) is 4.47. The van der Waals surface area contributed by atoms with Crippen molar-refractivity contribution in [1.82, 2.24) is 4.90 Å². The number of anilines is 1. The number of nitrogens with two attached hydrogens (primary N) is 1. The summed E-state index contributed by atoms with van der Waals surface area (Å²) in [5.74, 6) is -0.212. The number of benzene rings is 1. The number of carbonyl (C=O) groups is 1. The summed E-state index contributed by atoms with van der Waals surface area (Å²) in [6, 6.07) is 5.45. The van der Waals surface area contributed by atoms with Crippen LogP contribution in [-0.4, -0.2) is 49.3 Å². The lowest BCUT2D eigenvalue weighted by molar-refractivity contribution is 0.0662. The van der Waals surface area contributed by atoms with E-state index in [4.69, 9.17) is 27.2 Å². The van der Waals surface area contributed by atoms with Crippen molar-refractivity contribution in [3.8, 4) is 0 Å². The minimum atomic E-state index is -0.212. The quantitative estimate of drug-likeness (QED) is 0.852. The van der Waals surface area contributed by atoms with Gasteiger partial charge in [-0.3, -0.25) is 4.79 Å². The smallest absolute Gasteiger partial charge is 0.266 e. The van der Waals surface area contributed by atoms with Gasteiger partial charge in [0.15, 0.2) is 0 Å². The highest BCUT2D eigenvalue weighted by Crippen LogP contribution is 2.38. The number of thiophene rings is 1.